The average Bonchev–Trinajstić information content (AvgIpc) is 2.68. The van der Waals surface area contributed by atoms with Gasteiger partial charge in [-0.2, -0.15) is 0 Å². The van der Waals surface area contributed by atoms with Gasteiger partial charge in [0.25, 0.3) is 0 Å². The molecule has 2 aromatic rings. The lowest BCUT2D eigenvalue weighted by Gasteiger charge is -2.40. The highest BCUT2D eigenvalue weighted by Gasteiger charge is 2.29. The first kappa shape index (κ1) is 23.3. The van der Waals surface area contributed by atoms with Crippen LogP contribution in [0.25, 0.3) is 11.1 Å². The predicted molar refractivity (Wildman–Crippen MR) is 124 cm³/mol. The topological polar surface area (TPSA) is 75.6 Å². The lowest BCUT2D eigenvalue weighted by Crippen LogP contribution is -2.38. The summed E-state index contributed by atoms with van der Waals surface area (Å²) < 4.78 is 5.71. The molecule has 1 N–H and O–H groups in total. The zero-order valence-corrected chi connectivity index (χ0v) is 19.8. The first-order valence-electron chi connectivity index (χ1n) is 10.8. The Balaban J connectivity index is 2.05. The van der Waals surface area contributed by atoms with Crippen LogP contribution in [0.2, 0.25) is 5.02 Å². The van der Waals surface area contributed by atoms with Gasteiger partial charge in [-0.15, -0.1) is 0 Å². The minimum absolute atomic E-state index is 0.0708. The zero-order chi connectivity index (χ0) is 22.8. The summed E-state index contributed by atoms with van der Waals surface area (Å²) >= 11 is 6.48. The average molecular weight is 446 g/mol. The van der Waals surface area contributed by atoms with E-state index in [0.717, 1.165) is 54.0 Å². The fourth-order valence-corrected chi connectivity index (χ4v) is 4.05. The molecular formula is C24H32ClN3O3. The van der Waals surface area contributed by atoms with Crippen molar-refractivity contribution >= 4 is 23.3 Å². The number of carboxylic acids is 1. The molecule has 0 saturated carbocycles. The molecule has 0 aliphatic carbocycles. The number of carboxylic acid groups (broad SMARTS) is 1. The van der Waals surface area contributed by atoms with Gasteiger partial charge in [-0.05, 0) is 37.2 Å². The molecule has 0 spiro atoms. The highest BCUT2D eigenvalue weighted by molar-refractivity contribution is 6.32. The Kier molecular flexibility index (Phi) is 7.10. The number of piperidine rings is 1. The Hall–Kier alpha value is -2.34. The maximum absolute atomic E-state index is 11.6. The molecule has 3 rings (SSSR count). The van der Waals surface area contributed by atoms with Crippen LogP contribution in [0.15, 0.2) is 18.5 Å². The number of hydrogen-bond acceptors (Lipinski definition) is 5. The second-order valence-electron chi connectivity index (χ2n) is 9.52. The number of aryl methyl sites for hydroxylation is 1. The minimum Gasteiger partial charge on any atom is -0.481 e. The van der Waals surface area contributed by atoms with Crippen LogP contribution < -0.4 is 9.64 Å². The van der Waals surface area contributed by atoms with Gasteiger partial charge in [-0.25, -0.2) is 4.98 Å². The molecular weight excluding hydrogens is 414 g/mol. The maximum atomic E-state index is 11.6. The SMILES string of the molecule is Cc1ncc(-c2cnc(OCC(C)C)c(Cl)c2)c(N2CCC(C)(C)CC2)c1CC(=O)O. The van der Waals surface area contributed by atoms with E-state index in [1.54, 1.807) is 12.4 Å². The molecule has 31 heavy (non-hydrogen) atoms. The van der Waals surface area contributed by atoms with Gasteiger partial charge in [0.05, 0.1) is 18.7 Å². The van der Waals surface area contributed by atoms with Gasteiger partial charge in [-0.1, -0.05) is 39.3 Å². The number of aliphatic carboxylic acids is 1. The zero-order valence-electron chi connectivity index (χ0n) is 19.0. The van der Waals surface area contributed by atoms with Gasteiger partial charge in [0.15, 0.2) is 0 Å². The molecule has 0 aromatic carbocycles. The Labute approximate surface area is 189 Å². The molecule has 1 saturated heterocycles. The van der Waals surface area contributed by atoms with Crippen LogP contribution in [0.4, 0.5) is 5.69 Å². The van der Waals surface area contributed by atoms with Gasteiger partial charge in [0.1, 0.15) is 5.02 Å². The van der Waals surface area contributed by atoms with E-state index < -0.39 is 5.97 Å². The highest BCUT2D eigenvalue weighted by atomic mass is 35.5. The minimum atomic E-state index is -0.866. The lowest BCUT2D eigenvalue weighted by atomic mass is 9.82. The standard InChI is InChI=1S/C24H32ClN3O3/c1-15(2)14-31-23-20(25)10-17(12-27-23)19-13-26-16(3)18(11-21(29)30)22(19)28-8-6-24(4,5)7-9-28/h10,12-13,15H,6-9,11,14H2,1-5H3,(H,29,30). The third kappa shape index (κ3) is 5.67. The molecule has 1 aliphatic heterocycles. The van der Waals surface area contributed by atoms with E-state index >= 15 is 0 Å². The van der Waals surface area contributed by atoms with Gasteiger partial charge < -0.3 is 14.7 Å². The lowest BCUT2D eigenvalue weighted by molar-refractivity contribution is -0.136. The third-order valence-electron chi connectivity index (χ3n) is 5.80. The molecule has 0 atom stereocenters. The number of anilines is 1. The quantitative estimate of drug-likeness (QED) is 0.615. The molecule has 3 heterocycles. The van der Waals surface area contributed by atoms with Gasteiger partial charge in [0.2, 0.25) is 5.88 Å². The third-order valence-corrected chi connectivity index (χ3v) is 6.07. The summed E-state index contributed by atoms with van der Waals surface area (Å²) in [5, 5.41) is 9.98. The number of pyridine rings is 2. The van der Waals surface area contributed by atoms with Crippen molar-refractivity contribution in [3.8, 4) is 17.0 Å². The number of halogens is 1. The molecule has 168 valence electrons. The van der Waals surface area contributed by atoms with Crippen molar-refractivity contribution in [1.82, 2.24) is 9.97 Å². The van der Waals surface area contributed by atoms with Crippen LogP contribution in [-0.4, -0.2) is 40.7 Å². The number of aromatic nitrogens is 2. The van der Waals surface area contributed by atoms with E-state index in [-0.39, 0.29) is 11.8 Å². The largest absolute Gasteiger partial charge is 0.481 e. The predicted octanol–water partition coefficient (Wildman–Crippen LogP) is 5.39. The summed E-state index contributed by atoms with van der Waals surface area (Å²) in [6.07, 6.45) is 5.55. The van der Waals surface area contributed by atoms with Crippen LogP contribution >= 0.6 is 11.6 Å². The van der Waals surface area contributed by atoms with Crippen molar-refractivity contribution in [2.75, 3.05) is 24.6 Å². The van der Waals surface area contributed by atoms with E-state index in [1.807, 2.05) is 13.0 Å². The van der Waals surface area contributed by atoms with Gasteiger partial charge in [-0.3, -0.25) is 9.78 Å². The first-order valence-corrected chi connectivity index (χ1v) is 11.2. The second-order valence-corrected chi connectivity index (χ2v) is 9.93. The number of ether oxygens (including phenoxy) is 1. The molecule has 1 fully saturated rings. The molecule has 2 aromatic heterocycles. The van der Waals surface area contributed by atoms with Crippen molar-refractivity contribution in [1.29, 1.82) is 0 Å². The van der Waals surface area contributed by atoms with Crippen LogP contribution in [0.3, 0.4) is 0 Å². The van der Waals surface area contributed by atoms with Crippen LogP contribution in [0, 0.1) is 18.3 Å². The monoisotopic (exact) mass is 445 g/mol. The van der Waals surface area contributed by atoms with Crippen molar-refractivity contribution in [2.24, 2.45) is 11.3 Å². The van der Waals surface area contributed by atoms with Gasteiger partial charge in [0, 0.05) is 47.9 Å². The maximum Gasteiger partial charge on any atom is 0.307 e. The van der Waals surface area contributed by atoms with E-state index in [1.165, 1.54) is 0 Å². The van der Waals surface area contributed by atoms with Crippen molar-refractivity contribution in [3.05, 3.63) is 34.7 Å². The smallest absolute Gasteiger partial charge is 0.307 e. The molecule has 1 aliphatic rings. The summed E-state index contributed by atoms with van der Waals surface area (Å²) in [6, 6.07) is 1.83. The van der Waals surface area contributed by atoms with E-state index in [0.29, 0.717) is 23.4 Å². The molecule has 0 radical (unpaired) electrons. The number of rotatable bonds is 7. The molecule has 0 unspecified atom stereocenters. The second kappa shape index (κ2) is 9.43. The Morgan fingerprint density at radius 2 is 1.94 bits per heavy atom. The molecule has 0 bridgehead atoms. The first-order chi connectivity index (χ1) is 14.6. The summed E-state index contributed by atoms with van der Waals surface area (Å²) in [6.45, 7) is 12.8. The Bertz CT molecular complexity index is 949. The van der Waals surface area contributed by atoms with Crippen LogP contribution in [-0.2, 0) is 11.2 Å². The molecule has 7 heteroatoms. The van der Waals surface area contributed by atoms with Crippen molar-refractivity contribution in [2.45, 2.75) is 53.9 Å². The van der Waals surface area contributed by atoms with Gasteiger partial charge >= 0.3 is 5.97 Å². The summed E-state index contributed by atoms with van der Waals surface area (Å²) in [5.74, 6) is -0.0900. The van der Waals surface area contributed by atoms with E-state index in [4.69, 9.17) is 16.3 Å². The van der Waals surface area contributed by atoms with E-state index in [9.17, 15) is 9.90 Å². The fourth-order valence-electron chi connectivity index (χ4n) is 3.83. The molecule has 6 nitrogen and oxygen atoms in total. The van der Waals surface area contributed by atoms with E-state index in [2.05, 4.69) is 42.6 Å². The van der Waals surface area contributed by atoms with Crippen LogP contribution in [0.5, 0.6) is 5.88 Å². The van der Waals surface area contributed by atoms with Crippen molar-refractivity contribution < 1.29 is 14.6 Å². The summed E-state index contributed by atoms with van der Waals surface area (Å²) in [7, 11) is 0. The normalized spacial score (nSPS) is 15.9. The summed E-state index contributed by atoms with van der Waals surface area (Å²) in [4.78, 5) is 22.9. The fraction of sp³-hybridized carbons (Fsp3) is 0.542. The summed E-state index contributed by atoms with van der Waals surface area (Å²) in [5.41, 5.74) is 4.36. The number of hydrogen-bond donors (Lipinski definition) is 1. The molecule has 0 amide bonds. The Morgan fingerprint density at radius 3 is 2.52 bits per heavy atom. The Morgan fingerprint density at radius 1 is 1.26 bits per heavy atom. The number of nitrogens with zero attached hydrogens (tertiary/aromatic N) is 3. The number of carbonyl (C=O) groups is 1. The highest BCUT2D eigenvalue weighted by Crippen LogP contribution is 2.40. The van der Waals surface area contributed by atoms with Crippen LogP contribution in [0.1, 0.15) is 51.8 Å². The van der Waals surface area contributed by atoms with Crippen molar-refractivity contribution in [3.63, 3.8) is 0 Å².